The SMILES string of the molecule is Cc1ccc(CNS(=O)(=O)c2cn(C(C)C)nc2C(C)(C)C)cc1. The molecule has 2 rings (SSSR count). The number of benzene rings is 1. The second kappa shape index (κ2) is 6.69. The predicted molar refractivity (Wildman–Crippen MR) is 96.5 cm³/mol. The van der Waals surface area contributed by atoms with E-state index >= 15 is 0 Å². The van der Waals surface area contributed by atoms with E-state index in [2.05, 4.69) is 9.82 Å². The molecule has 0 atom stereocenters. The lowest BCUT2D eigenvalue weighted by molar-refractivity contribution is 0.493. The maximum atomic E-state index is 12.8. The molecule has 0 saturated heterocycles. The number of hydrogen-bond donors (Lipinski definition) is 1. The maximum Gasteiger partial charge on any atom is 0.244 e. The van der Waals surface area contributed by atoms with E-state index < -0.39 is 10.0 Å². The van der Waals surface area contributed by atoms with E-state index in [1.807, 2.05) is 65.8 Å². The monoisotopic (exact) mass is 349 g/mol. The molecule has 5 nitrogen and oxygen atoms in total. The number of nitrogens with one attached hydrogen (secondary N) is 1. The molecule has 1 N–H and O–H groups in total. The molecule has 1 aromatic heterocycles. The number of hydrogen-bond acceptors (Lipinski definition) is 3. The lowest BCUT2D eigenvalue weighted by Crippen LogP contribution is -2.26. The fraction of sp³-hybridized carbons (Fsp3) is 0.500. The molecule has 6 heteroatoms. The smallest absolute Gasteiger partial charge is 0.244 e. The van der Waals surface area contributed by atoms with Gasteiger partial charge in [-0.1, -0.05) is 50.6 Å². The average molecular weight is 350 g/mol. The van der Waals surface area contributed by atoms with E-state index in [-0.39, 0.29) is 22.9 Å². The van der Waals surface area contributed by atoms with Crippen molar-refractivity contribution in [2.24, 2.45) is 0 Å². The molecule has 0 amide bonds. The second-order valence-electron chi connectivity index (χ2n) is 7.48. The van der Waals surface area contributed by atoms with Crippen molar-refractivity contribution in [3.63, 3.8) is 0 Å². The van der Waals surface area contributed by atoms with Crippen molar-refractivity contribution in [2.75, 3.05) is 0 Å². The van der Waals surface area contributed by atoms with Crippen LogP contribution in [0.15, 0.2) is 35.4 Å². The van der Waals surface area contributed by atoms with Gasteiger partial charge in [0.15, 0.2) is 0 Å². The molecule has 1 heterocycles. The molecule has 1 aromatic carbocycles. The van der Waals surface area contributed by atoms with Crippen LogP contribution in [0, 0.1) is 6.92 Å². The van der Waals surface area contributed by atoms with Gasteiger partial charge in [-0.05, 0) is 26.3 Å². The van der Waals surface area contributed by atoms with Gasteiger partial charge in [0.05, 0.1) is 5.69 Å². The largest absolute Gasteiger partial charge is 0.269 e. The summed E-state index contributed by atoms with van der Waals surface area (Å²) in [6.07, 6.45) is 1.63. The van der Waals surface area contributed by atoms with Crippen LogP contribution in [0.2, 0.25) is 0 Å². The van der Waals surface area contributed by atoms with Crippen LogP contribution in [0.3, 0.4) is 0 Å². The predicted octanol–water partition coefficient (Wildman–Crippen LogP) is 3.55. The fourth-order valence-corrected chi connectivity index (χ4v) is 3.68. The third kappa shape index (κ3) is 4.24. The normalized spacial score (nSPS) is 12.8. The summed E-state index contributed by atoms with van der Waals surface area (Å²) in [4.78, 5) is 0.260. The van der Waals surface area contributed by atoms with Crippen molar-refractivity contribution in [3.8, 4) is 0 Å². The van der Waals surface area contributed by atoms with Crippen LogP contribution in [0.1, 0.15) is 57.5 Å². The van der Waals surface area contributed by atoms with Crippen LogP contribution < -0.4 is 4.72 Å². The number of aromatic nitrogens is 2. The van der Waals surface area contributed by atoms with Gasteiger partial charge >= 0.3 is 0 Å². The Morgan fingerprint density at radius 1 is 1.17 bits per heavy atom. The summed E-state index contributed by atoms with van der Waals surface area (Å²) < 4.78 is 30.0. The van der Waals surface area contributed by atoms with Gasteiger partial charge < -0.3 is 0 Å². The maximum absolute atomic E-state index is 12.8. The Morgan fingerprint density at radius 3 is 2.25 bits per heavy atom. The summed E-state index contributed by atoms with van der Waals surface area (Å²) in [5.74, 6) is 0. The van der Waals surface area contributed by atoms with Gasteiger partial charge in [-0.15, -0.1) is 0 Å². The minimum atomic E-state index is -3.63. The number of sulfonamides is 1. The lowest BCUT2D eigenvalue weighted by Gasteiger charge is -2.17. The van der Waals surface area contributed by atoms with E-state index in [1.165, 1.54) is 0 Å². The summed E-state index contributed by atoms with van der Waals surface area (Å²) in [5, 5.41) is 4.51. The van der Waals surface area contributed by atoms with Crippen molar-refractivity contribution in [3.05, 3.63) is 47.3 Å². The van der Waals surface area contributed by atoms with E-state index in [4.69, 9.17) is 0 Å². The van der Waals surface area contributed by atoms with E-state index in [0.717, 1.165) is 11.1 Å². The quantitative estimate of drug-likeness (QED) is 0.898. The Labute approximate surface area is 145 Å². The number of nitrogens with zero attached hydrogens (tertiary/aromatic N) is 2. The highest BCUT2D eigenvalue weighted by Gasteiger charge is 2.30. The van der Waals surface area contributed by atoms with Crippen LogP contribution in [-0.4, -0.2) is 18.2 Å². The van der Waals surface area contributed by atoms with Gasteiger partial charge in [-0.2, -0.15) is 5.10 Å². The molecule has 132 valence electrons. The molecular weight excluding hydrogens is 322 g/mol. The first kappa shape index (κ1) is 18.7. The zero-order valence-corrected chi connectivity index (χ0v) is 16.1. The minimum absolute atomic E-state index is 0.104. The first-order valence-corrected chi connectivity index (χ1v) is 9.64. The molecule has 0 bridgehead atoms. The molecule has 0 aliphatic rings. The fourth-order valence-electron chi connectivity index (χ4n) is 2.32. The minimum Gasteiger partial charge on any atom is -0.269 e. The first-order valence-electron chi connectivity index (χ1n) is 8.15. The summed E-state index contributed by atoms with van der Waals surface area (Å²) in [6, 6.07) is 7.91. The Bertz CT molecular complexity index is 798. The number of aryl methyl sites for hydroxylation is 1. The third-order valence-electron chi connectivity index (χ3n) is 3.81. The average Bonchev–Trinajstić information content (AvgIpc) is 2.93. The standard InChI is InChI=1S/C18H27N3O2S/c1-13(2)21-12-16(17(20-21)18(4,5)6)24(22,23)19-11-15-9-7-14(3)8-10-15/h7-10,12-13,19H,11H2,1-6H3. The van der Waals surface area contributed by atoms with E-state index in [1.54, 1.807) is 10.9 Å². The van der Waals surface area contributed by atoms with Gasteiger partial charge in [0.25, 0.3) is 0 Å². The lowest BCUT2D eigenvalue weighted by atomic mass is 9.92. The molecule has 0 radical (unpaired) electrons. The molecule has 2 aromatic rings. The summed E-state index contributed by atoms with van der Waals surface area (Å²) in [7, 11) is -3.63. The molecule has 0 saturated carbocycles. The molecule has 24 heavy (non-hydrogen) atoms. The Hall–Kier alpha value is -1.66. The molecule has 0 unspecified atom stereocenters. The van der Waals surface area contributed by atoms with Gasteiger partial charge in [0.1, 0.15) is 4.90 Å². The summed E-state index contributed by atoms with van der Waals surface area (Å²) >= 11 is 0. The summed E-state index contributed by atoms with van der Waals surface area (Å²) in [6.45, 7) is 12.1. The van der Waals surface area contributed by atoms with Crippen LogP contribution in [0.5, 0.6) is 0 Å². The van der Waals surface area contributed by atoms with Crippen LogP contribution in [-0.2, 0) is 22.0 Å². The van der Waals surface area contributed by atoms with Crippen LogP contribution in [0.25, 0.3) is 0 Å². The zero-order chi connectivity index (χ0) is 18.1. The zero-order valence-electron chi connectivity index (χ0n) is 15.3. The molecule has 0 fully saturated rings. The number of rotatable bonds is 5. The topological polar surface area (TPSA) is 64.0 Å². The van der Waals surface area contributed by atoms with Crippen molar-refractivity contribution < 1.29 is 8.42 Å². The van der Waals surface area contributed by atoms with Gasteiger partial charge in [-0.25, -0.2) is 13.1 Å². The Kier molecular flexibility index (Phi) is 5.20. The third-order valence-corrected chi connectivity index (χ3v) is 5.22. The molecular formula is C18H27N3O2S. The second-order valence-corrected chi connectivity index (χ2v) is 9.21. The van der Waals surface area contributed by atoms with Gasteiger partial charge in [0, 0.05) is 24.2 Å². The first-order chi connectivity index (χ1) is 11.0. The van der Waals surface area contributed by atoms with Gasteiger partial charge in [0.2, 0.25) is 10.0 Å². The molecule has 0 spiro atoms. The van der Waals surface area contributed by atoms with Crippen molar-refractivity contribution in [1.29, 1.82) is 0 Å². The van der Waals surface area contributed by atoms with E-state index in [0.29, 0.717) is 5.69 Å². The highest BCUT2D eigenvalue weighted by Crippen LogP contribution is 2.28. The van der Waals surface area contributed by atoms with Crippen LogP contribution >= 0.6 is 0 Å². The molecule has 0 aliphatic carbocycles. The van der Waals surface area contributed by atoms with Crippen LogP contribution in [0.4, 0.5) is 0 Å². The Balaban J connectivity index is 2.32. The Morgan fingerprint density at radius 2 is 1.75 bits per heavy atom. The molecule has 0 aliphatic heterocycles. The highest BCUT2D eigenvalue weighted by atomic mass is 32.2. The van der Waals surface area contributed by atoms with Gasteiger partial charge in [-0.3, -0.25) is 4.68 Å². The van der Waals surface area contributed by atoms with Crippen molar-refractivity contribution in [1.82, 2.24) is 14.5 Å². The van der Waals surface area contributed by atoms with Crippen molar-refractivity contribution in [2.45, 2.75) is 64.4 Å². The highest BCUT2D eigenvalue weighted by molar-refractivity contribution is 7.89. The summed E-state index contributed by atoms with van der Waals surface area (Å²) in [5.41, 5.74) is 2.31. The van der Waals surface area contributed by atoms with Crippen molar-refractivity contribution >= 4 is 10.0 Å². The van der Waals surface area contributed by atoms with E-state index in [9.17, 15) is 8.42 Å².